The van der Waals surface area contributed by atoms with Gasteiger partial charge in [0, 0.05) is 30.2 Å². The van der Waals surface area contributed by atoms with Gasteiger partial charge < -0.3 is 14.4 Å². The summed E-state index contributed by atoms with van der Waals surface area (Å²) in [4.78, 5) is 15.7. The van der Waals surface area contributed by atoms with Gasteiger partial charge in [0.25, 0.3) is 15.9 Å². The van der Waals surface area contributed by atoms with Crippen LogP contribution in [0.2, 0.25) is 0 Å². The van der Waals surface area contributed by atoms with Crippen molar-refractivity contribution in [1.82, 2.24) is 8.87 Å². The zero-order valence-corrected chi connectivity index (χ0v) is 21.8. The molecule has 5 rings (SSSR count). The highest BCUT2D eigenvalue weighted by atomic mass is 32.2. The first kappa shape index (κ1) is 24.6. The summed E-state index contributed by atoms with van der Waals surface area (Å²) in [5, 5.41) is 0.765. The third-order valence-electron chi connectivity index (χ3n) is 6.62. The fraction of sp³-hybridized carbons (Fsp3) is 0.207. The van der Waals surface area contributed by atoms with Gasteiger partial charge in [0.2, 0.25) is 0 Å². The van der Waals surface area contributed by atoms with Gasteiger partial charge >= 0.3 is 0 Å². The Morgan fingerprint density at radius 3 is 2.30 bits per heavy atom. The fourth-order valence-corrected chi connectivity index (χ4v) is 6.27. The minimum absolute atomic E-state index is 0.0909. The summed E-state index contributed by atoms with van der Waals surface area (Å²) in [6, 6.07) is 21.1. The van der Waals surface area contributed by atoms with Crippen LogP contribution in [0.5, 0.6) is 11.5 Å². The number of amides is 1. The molecule has 0 aliphatic carbocycles. The minimum atomic E-state index is -3.85. The van der Waals surface area contributed by atoms with Crippen molar-refractivity contribution in [3.63, 3.8) is 0 Å². The Bertz CT molecular complexity index is 1620. The van der Waals surface area contributed by atoms with Gasteiger partial charge in [-0.25, -0.2) is 12.4 Å². The van der Waals surface area contributed by atoms with Crippen molar-refractivity contribution in [2.75, 3.05) is 27.3 Å². The number of carbonyl (C=O) groups is 1. The second kappa shape index (κ2) is 9.78. The molecule has 0 atom stereocenters. The molecule has 1 amide bonds. The number of methoxy groups -OCH3 is 2. The topological polar surface area (TPSA) is 77.8 Å². The van der Waals surface area contributed by atoms with Crippen molar-refractivity contribution >= 4 is 38.0 Å². The number of hydrogen-bond donors (Lipinski definition) is 0. The Hall–Kier alpha value is -4.04. The Morgan fingerprint density at radius 1 is 0.892 bits per heavy atom. The van der Waals surface area contributed by atoms with Crippen LogP contribution < -0.4 is 9.47 Å². The van der Waals surface area contributed by atoms with Gasteiger partial charge in [-0.2, -0.15) is 0 Å². The predicted molar refractivity (Wildman–Crippen MR) is 144 cm³/mol. The van der Waals surface area contributed by atoms with Gasteiger partial charge in [-0.05, 0) is 47.9 Å². The Morgan fingerprint density at radius 2 is 1.59 bits per heavy atom. The maximum Gasteiger partial charge on any atom is 0.268 e. The second-order valence-electron chi connectivity index (χ2n) is 8.82. The van der Waals surface area contributed by atoms with Crippen LogP contribution in [-0.4, -0.2) is 50.5 Å². The average molecular weight is 517 g/mol. The zero-order chi connectivity index (χ0) is 26.2. The van der Waals surface area contributed by atoms with Crippen molar-refractivity contribution in [1.29, 1.82) is 0 Å². The first-order valence-corrected chi connectivity index (χ1v) is 13.5. The molecule has 0 N–H and O–H groups in total. The zero-order valence-electron chi connectivity index (χ0n) is 21.0. The Labute approximate surface area is 216 Å². The summed E-state index contributed by atoms with van der Waals surface area (Å²) in [6.45, 7) is 3.01. The van der Waals surface area contributed by atoms with Gasteiger partial charge in [-0.1, -0.05) is 49.4 Å². The van der Waals surface area contributed by atoms with E-state index < -0.39 is 10.0 Å². The van der Waals surface area contributed by atoms with Crippen LogP contribution in [0.15, 0.2) is 83.9 Å². The highest BCUT2D eigenvalue weighted by Crippen LogP contribution is 2.41. The average Bonchev–Trinajstić information content (AvgIpc) is 3.47. The summed E-state index contributed by atoms with van der Waals surface area (Å²) in [6.07, 6.45) is 2.45. The lowest BCUT2D eigenvalue weighted by molar-refractivity contribution is -0.123. The monoisotopic (exact) mass is 516 g/mol. The van der Waals surface area contributed by atoms with E-state index in [-0.39, 0.29) is 10.8 Å². The van der Waals surface area contributed by atoms with E-state index in [1.807, 2.05) is 31.2 Å². The number of carbonyl (C=O) groups excluding carboxylic acids is 1. The molecule has 1 aliphatic heterocycles. The van der Waals surface area contributed by atoms with Crippen molar-refractivity contribution in [3.05, 3.63) is 90.1 Å². The molecule has 0 fully saturated rings. The molecule has 190 valence electrons. The number of rotatable bonds is 8. The van der Waals surface area contributed by atoms with E-state index in [0.29, 0.717) is 46.8 Å². The molecule has 1 aliphatic rings. The molecule has 0 unspecified atom stereocenters. The van der Waals surface area contributed by atoms with Gasteiger partial charge in [0.1, 0.15) is 0 Å². The SMILES string of the molecule is CCCN1CC(c2cn(S(=O)(=O)c3ccccc3)c3ccccc23)=C(c2ccc(OC)c(OC)c2)C1=O. The van der Waals surface area contributed by atoms with Crippen LogP contribution in [-0.2, 0) is 14.8 Å². The molecule has 37 heavy (non-hydrogen) atoms. The molecule has 0 saturated heterocycles. The van der Waals surface area contributed by atoms with Gasteiger partial charge in [-0.3, -0.25) is 4.79 Å². The largest absolute Gasteiger partial charge is 0.493 e. The molecule has 0 saturated carbocycles. The molecular formula is C29H28N2O5S. The Kier molecular flexibility index (Phi) is 6.52. The third-order valence-corrected chi connectivity index (χ3v) is 8.31. The number of ether oxygens (including phenoxy) is 2. The first-order valence-electron chi connectivity index (χ1n) is 12.1. The van der Waals surface area contributed by atoms with Gasteiger partial charge in [-0.15, -0.1) is 0 Å². The standard InChI is InChI=1S/C29H28N2O5S/c1-4-16-30-18-24(28(29(30)32)20-14-15-26(35-2)27(17-20)36-3)23-19-31(25-13-9-8-12-22(23)25)37(33,34)21-10-6-5-7-11-21/h5-15,17,19H,4,16,18H2,1-3H3. The molecule has 0 bridgehead atoms. The van der Waals surface area contributed by atoms with Crippen molar-refractivity contribution in [2.24, 2.45) is 0 Å². The quantitative estimate of drug-likeness (QED) is 0.327. The van der Waals surface area contributed by atoms with Crippen molar-refractivity contribution < 1.29 is 22.7 Å². The van der Waals surface area contributed by atoms with E-state index in [4.69, 9.17) is 9.47 Å². The smallest absolute Gasteiger partial charge is 0.268 e. The number of nitrogens with zero attached hydrogens (tertiary/aromatic N) is 2. The lowest BCUT2D eigenvalue weighted by Gasteiger charge is -2.15. The van der Waals surface area contributed by atoms with E-state index >= 15 is 0 Å². The van der Waals surface area contributed by atoms with E-state index in [1.54, 1.807) is 73.8 Å². The number of para-hydroxylation sites is 1. The fourth-order valence-electron chi connectivity index (χ4n) is 4.88. The summed E-state index contributed by atoms with van der Waals surface area (Å²) in [7, 11) is -0.736. The summed E-state index contributed by atoms with van der Waals surface area (Å²) in [5.74, 6) is 0.990. The third kappa shape index (κ3) is 4.17. The predicted octanol–water partition coefficient (Wildman–Crippen LogP) is 5.06. The Balaban J connectivity index is 1.76. The lowest BCUT2D eigenvalue weighted by atomic mass is 9.96. The van der Waals surface area contributed by atoms with Crippen LogP contribution in [0.4, 0.5) is 0 Å². The number of benzene rings is 3. The number of fused-ring (bicyclic) bond motifs is 1. The van der Waals surface area contributed by atoms with E-state index in [2.05, 4.69) is 0 Å². The van der Waals surface area contributed by atoms with Crippen LogP contribution >= 0.6 is 0 Å². The normalized spacial score (nSPS) is 14.0. The van der Waals surface area contributed by atoms with E-state index in [1.165, 1.54) is 3.97 Å². The highest BCUT2D eigenvalue weighted by molar-refractivity contribution is 7.90. The molecule has 8 heteroatoms. The molecule has 0 spiro atoms. The minimum Gasteiger partial charge on any atom is -0.493 e. The number of aromatic nitrogens is 1. The van der Waals surface area contributed by atoms with E-state index in [0.717, 1.165) is 17.4 Å². The van der Waals surface area contributed by atoms with Crippen molar-refractivity contribution in [3.8, 4) is 11.5 Å². The van der Waals surface area contributed by atoms with Crippen molar-refractivity contribution in [2.45, 2.75) is 18.2 Å². The molecule has 2 heterocycles. The lowest BCUT2D eigenvalue weighted by Crippen LogP contribution is -2.27. The summed E-state index contributed by atoms with van der Waals surface area (Å²) in [5.41, 5.74) is 3.28. The van der Waals surface area contributed by atoms with Gasteiger partial charge in [0.15, 0.2) is 11.5 Å². The van der Waals surface area contributed by atoms with Crippen LogP contribution in [0.25, 0.3) is 22.0 Å². The molecule has 4 aromatic rings. The number of hydrogen-bond acceptors (Lipinski definition) is 5. The highest BCUT2D eigenvalue weighted by Gasteiger charge is 2.34. The second-order valence-corrected chi connectivity index (χ2v) is 10.6. The molecule has 0 radical (unpaired) electrons. The van der Waals surface area contributed by atoms with Crippen LogP contribution in [0.3, 0.4) is 0 Å². The molecule has 7 nitrogen and oxygen atoms in total. The summed E-state index contributed by atoms with van der Waals surface area (Å²) >= 11 is 0. The maximum absolute atomic E-state index is 13.7. The molecule has 1 aromatic heterocycles. The van der Waals surface area contributed by atoms with Crippen LogP contribution in [0.1, 0.15) is 24.5 Å². The molecule has 3 aromatic carbocycles. The summed E-state index contributed by atoms with van der Waals surface area (Å²) < 4.78 is 39.5. The molecular weight excluding hydrogens is 488 g/mol. The maximum atomic E-state index is 13.7. The van der Waals surface area contributed by atoms with Gasteiger partial charge in [0.05, 0.1) is 30.2 Å². The first-order chi connectivity index (χ1) is 17.9. The van der Waals surface area contributed by atoms with Crippen LogP contribution in [0, 0.1) is 0 Å². The van der Waals surface area contributed by atoms with E-state index in [9.17, 15) is 13.2 Å².